The Morgan fingerprint density at radius 1 is 0.379 bits per heavy atom. The number of aromatic amines is 4. The standard InChI is InChI=1S/2C21H23N3O.C20H21N5O3.C20H22N4O/c1-15-6-4-5-13-24(14-15)17-11-9-16(10-12-17)20-18-7-2-3-8-19(18)21(25)23-22-20;1-15-7-3-2-6-14-24(15)17-12-10-16(11-13-17)20-18-8-4-5-9-19(18)21(25)23-22-20;21-14-5-3-4-10-24(12-14)17-9-8-13(11-18(17)25(27)28)19-15-6-1-2-7-16(15)20(26)23-22-19;21-15-5-3-4-12-24(13-15)16-10-8-14(9-11-16)19-17-6-1-2-7-18(17)20(25)23-22-19/h2-3,7-12,15H,4-6,13-14H2,1H3,(H,23,25);4-5,8-13,15H,2-3,6-7,14H2,1H3,(H,23,25);1-2,6-9,11,14H,3-5,10,12,21H2,(H,23,26);1-2,6-11,15H,3-5,12-13,21H2,(H,23,25). The lowest BCUT2D eigenvalue weighted by molar-refractivity contribution is -0.384. The highest BCUT2D eigenvalue weighted by Crippen LogP contribution is 2.37. The summed E-state index contributed by atoms with van der Waals surface area (Å²) in [7, 11) is 0. The van der Waals surface area contributed by atoms with Gasteiger partial charge in [0.05, 0.1) is 49.2 Å². The number of nitro groups is 1. The number of hydrogen-bond donors (Lipinski definition) is 6. The van der Waals surface area contributed by atoms with Crippen LogP contribution in [0.15, 0.2) is 207 Å². The van der Waals surface area contributed by atoms with Crippen molar-refractivity contribution in [2.24, 2.45) is 17.4 Å². The van der Waals surface area contributed by atoms with Crippen LogP contribution in [-0.2, 0) is 0 Å². The number of hydrogen-bond acceptors (Lipinski definition) is 16. The molecule has 21 nitrogen and oxygen atoms in total. The van der Waals surface area contributed by atoms with Crippen LogP contribution in [0.2, 0.25) is 0 Å². The van der Waals surface area contributed by atoms with E-state index in [1.54, 1.807) is 24.3 Å². The third kappa shape index (κ3) is 16.4. The van der Waals surface area contributed by atoms with Crippen LogP contribution in [0, 0.1) is 16.0 Å². The van der Waals surface area contributed by atoms with E-state index < -0.39 is 0 Å². The van der Waals surface area contributed by atoms with Crippen LogP contribution < -0.4 is 53.3 Å². The number of fused-ring (bicyclic) bond motifs is 4. The zero-order chi connectivity index (χ0) is 71.3. The molecule has 0 radical (unpaired) electrons. The first kappa shape index (κ1) is 70.3. The van der Waals surface area contributed by atoms with E-state index in [0.29, 0.717) is 56.5 Å². The molecule has 0 aliphatic carbocycles. The average Bonchev–Trinajstić information content (AvgIpc) is 0.828. The number of aromatic nitrogens is 8. The molecule has 4 saturated heterocycles. The molecule has 8 heterocycles. The Morgan fingerprint density at radius 2 is 0.718 bits per heavy atom. The number of nitro benzene ring substituents is 1. The van der Waals surface area contributed by atoms with E-state index in [0.717, 1.165) is 121 Å². The van der Waals surface area contributed by atoms with Gasteiger partial charge in [0.25, 0.3) is 27.9 Å². The Hall–Kier alpha value is -11.2. The van der Waals surface area contributed by atoms with Crippen molar-refractivity contribution < 1.29 is 4.92 Å². The molecule has 4 unspecified atom stereocenters. The van der Waals surface area contributed by atoms with Crippen molar-refractivity contribution in [3.05, 3.63) is 240 Å². The molecule has 4 aliphatic rings. The Bertz CT molecular complexity index is 5020. The summed E-state index contributed by atoms with van der Waals surface area (Å²) in [4.78, 5) is 68.7. The fourth-order valence-corrected chi connectivity index (χ4v) is 14.9. The quantitative estimate of drug-likeness (QED) is 0.0578. The molecule has 0 bridgehead atoms. The van der Waals surface area contributed by atoms with Crippen molar-refractivity contribution in [1.29, 1.82) is 0 Å². The zero-order valence-corrected chi connectivity index (χ0v) is 58.5. The summed E-state index contributed by atoms with van der Waals surface area (Å²) in [5.74, 6) is 0.743. The second kappa shape index (κ2) is 32.7. The van der Waals surface area contributed by atoms with Crippen LogP contribution in [0.3, 0.4) is 0 Å². The number of H-pyrrole nitrogens is 4. The summed E-state index contributed by atoms with van der Waals surface area (Å²) in [6.45, 7) is 11.3. The van der Waals surface area contributed by atoms with E-state index in [1.165, 1.54) is 80.9 Å². The molecule has 528 valence electrons. The number of nitrogens with one attached hydrogen (secondary N) is 4. The van der Waals surface area contributed by atoms with Crippen LogP contribution in [0.4, 0.5) is 28.4 Å². The fourth-order valence-electron chi connectivity index (χ4n) is 14.9. The summed E-state index contributed by atoms with van der Waals surface area (Å²) in [5, 5.41) is 45.0. The van der Waals surface area contributed by atoms with Gasteiger partial charge in [-0.05, 0) is 131 Å². The lowest BCUT2D eigenvalue weighted by Crippen LogP contribution is -2.36. The highest BCUT2D eigenvalue weighted by Gasteiger charge is 2.26. The van der Waals surface area contributed by atoms with E-state index >= 15 is 0 Å². The van der Waals surface area contributed by atoms with Crippen LogP contribution >= 0.6 is 0 Å². The Morgan fingerprint density at radius 3 is 1.15 bits per heavy atom. The van der Waals surface area contributed by atoms with Gasteiger partial charge in [0.1, 0.15) is 5.69 Å². The van der Waals surface area contributed by atoms with E-state index in [2.05, 4.69) is 142 Å². The van der Waals surface area contributed by atoms with Crippen molar-refractivity contribution in [1.82, 2.24) is 40.8 Å². The van der Waals surface area contributed by atoms with Gasteiger partial charge in [-0.3, -0.25) is 29.3 Å². The number of anilines is 4. The molecule has 12 aromatic rings. The van der Waals surface area contributed by atoms with E-state index in [-0.39, 0.29) is 44.9 Å². The summed E-state index contributed by atoms with van der Waals surface area (Å²) < 4.78 is 0. The zero-order valence-electron chi connectivity index (χ0n) is 58.5. The van der Waals surface area contributed by atoms with Gasteiger partial charge < -0.3 is 31.1 Å². The molecule has 0 saturated carbocycles. The molecule has 103 heavy (non-hydrogen) atoms. The van der Waals surface area contributed by atoms with Gasteiger partial charge in [-0.1, -0.05) is 154 Å². The molecule has 0 amide bonds. The minimum atomic E-state index is -0.372. The lowest BCUT2D eigenvalue weighted by Gasteiger charge is -2.29. The second-order valence-electron chi connectivity index (χ2n) is 27.7. The smallest absolute Gasteiger partial charge is 0.293 e. The molecule has 4 atom stereocenters. The normalized spacial score (nSPS) is 18.1. The van der Waals surface area contributed by atoms with Crippen molar-refractivity contribution >= 4 is 71.5 Å². The first-order valence-electron chi connectivity index (χ1n) is 36.3. The SMILES string of the molecule is CC1CCCCCN1c1ccc(-c2n[nH]c(=O)c3ccccc23)cc1.CC1CCCCN(c2ccc(-c3n[nH]c(=O)c4ccccc34)cc2)C1.NC1CCCCN(c2ccc(-c3n[nH]c(=O)c4ccccc34)cc2)C1.NC1CCCCN(c2ccc(-c3n[nH]c(=O)c4ccccc34)cc2[N+](=O)[O-])C1. The van der Waals surface area contributed by atoms with E-state index in [9.17, 15) is 29.3 Å². The molecule has 8 N–H and O–H groups in total. The third-order valence-electron chi connectivity index (χ3n) is 20.4. The second-order valence-corrected chi connectivity index (χ2v) is 27.7. The minimum absolute atomic E-state index is 0.00610. The molecule has 4 aliphatic heterocycles. The maximum atomic E-state index is 12.0. The summed E-state index contributed by atoms with van der Waals surface area (Å²) >= 11 is 0. The first-order valence-corrected chi connectivity index (χ1v) is 36.3. The molecule has 16 rings (SSSR count). The summed E-state index contributed by atoms with van der Waals surface area (Å²) in [6, 6.07) is 61.3. The van der Waals surface area contributed by atoms with Gasteiger partial charge in [0.2, 0.25) is 0 Å². The highest BCUT2D eigenvalue weighted by molar-refractivity contribution is 5.97. The first-order chi connectivity index (χ1) is 50.2. The number of benzene rings is 8. The van der Waals surface area contributed by atoms with Crippen molar-refractivity contribution in [2.45, 2.75) is 115 Å². The topological polar surface area (TPSA) is 291 Å². The fraction of sp³-hybridized carbons (Fsp3) is 0.317. The van der Waals surface area contributed by atoms with Crippen molar-refractivity contribution in [3.63, 3.8) is 0 Å². The van der Waals surface area contributed by atoms with E-state index in [1.807, 2.05) is 89.8 Å². The Kier molecular flexibility index (Phi) is 22.3. The van der Waals surface area contributed by atoms with Crippen molar-refractivity contribution in [2.75, 3.05) is 65.4 Å². The van der Waals surface area contributed by atoms with Crippen LogP contribution in [0.1, 0.15) is 97.3 Å². The minimum Gasteiger partial charge on any atom is -0.371 e. The summed E-state index contributed by atoms with van der Waals surface area (Å²) in [6.07, 6.45) is 15.5. The molecular formula is C82H89N15O6. The largest absolute Gasteiger partial charge is 0.371 e. The van der Waals surface area contributed by atoms with E-state index in [4.69, 9.17) is 11.5 Å². The highest BCUT2D eigenvalue weighted by atomic mass is 16.6. The van der Waals surface area contributed by atoms with Gasteiger partial charge in [-0.2, -0.15) is 20.4 Å². The maximum Gasteiger partial charge on any atom is 0.293 e. The van der Waals surface area contributed by atoms with Crippen molar-refractivity contribution in [3.8, 4) is 45.0 Å². The van der Waals surface area contributed by atoms with Gasteiger partial charge in [0, 0.05) is 131 Å². The summed E-state index contributed by atoms with van der Waals surface area (Å²) in [5.41, 5.74) is 22.5. The van der Waals surface area contributed by atoms with Gasteiger partial charge >= 0.3 is 0 Å². The Labute approximate surface area is 597 Å². The van der Waals surface area contributed by atoms with Crippen LogP contribution in [0.5, 0.6) is 0 Å². The third-order valence-corrected chi connectivity index (χ3v) is 20.4. The number of rotatable bonds is 9. The predicted molar refractivity (Wildman–Crippen MR) is 416 cm³/mol. The maximum absolute atomic E-state index is 12.0. The number of nitrogens with zero attached hydrogens (tertiary/aromatic N) is 9. The van der Waals surface area contributed by atoms with Gasteiger partial charge in [-0.15, -0.1) is 0 Å². The monoisotopic (exact) mass is 1380 g/mol. The van der Waals surface area contributed by atoms with Gasteiger partial charge in [-0.25, -0.2) is 20.4 Å². The molecule has 21 heteroatoms. The average molecular weight is 1380 g/mol. The molecular weight excluding hydrogens is 1290 g/mol. The molecule has 4 aromatic heterocycles. The Balaban J connectivity index is 0.000000122. The number of nitrogens with two attached hydrogens (primary N) is 2. The molecule has 4 fully saturated rings. The van der Waals surface area contributed by atoms with Crippen LogP contribution in [-0.4, -0.2) is 110 Å². The predicted octanol–water partition coefficient (Wildman–Crippen LogP) is 14.3. The molecule has 0 spiro atoms. The molecule has 8 aromatic carbocycles. The lowest BCUT2D eigenvalue weighted by atomic mass is 10.0. The van der Waals surface area contributed by atoms with Gasteiger partial charge in [0.15, 0.2) is 0 Å². The van der Waals surface area contributed by atoms with Crippen LogP contribution in [0.25, 0.3) is 88.1 Å².